The van der Waals surface area contributed by atoms with E-state index in [0.29, 0.717) is 37.0 Å². The van der Waals surface area contributed by atoms with Crippen LogP contribution in [0.15, 0.2) is 0 Å². The molecule has 0 spiro atoms. The smallest absolute Gasteiger partial charge is 0.227 e. The molecule has 0 radical (unpaired) electrons. The van der Waals surface area contributed by atoms with Crippen LogP contribution in [0.5, 0.6) is 0 Å². The van der Waals surface area contributed by atoms with E-state index in [1.807, 2.05) is 0 Å². The van der Waals surface area contributed by atoms with Crippen LogP contribution in [-0.4, -0.2) is 31.2 Å². The van der Waals surface area contributed by atoms with Crippen LogP contribution >= 0.6 is 0 Å². The second-order valence-electron chi connectivity index (χ2n) is 6.75. The molecular formula is C15H28N2O2. The zero-order valence-electron chi connectivity index (χ0n) is 12.4. The van der Waals surface area contributed by atoms with E-state index in [9.17, 15) is 4.79 Å². The van der Waals surface area contributed by atoms with Gasteiger partial charge in [0, 0.05) is 12.1 Å². The average molecular weight is 268 g/mol. The second-order valence-corrected chi connectivity index (χ2v) is 6.75. The molecule has 2 fully saturated rings. The van der Waals surface area contributed by atoms with Gasteiger partial charge < -0.3 is 15.8 Å². The Balaban J connectivity index is 1.96. The van der Waals surface area contributed by atoms with Crippen molar-refractivity contribution in [1.29, 1.82) is 0 Å². The maximum atomic E-state index is 12.3. The predicted molar refractivity (Wildman–Crippen MR) is 75.6 cm³/mol. The Hall–Kier alpha value is -0.610. The first-order valence-corrected chi connectivity index (χ1v) is 7.62. The summed E-state index contributed by atoms with van der Waals surface area (Å²) < 4.78 is 5.29. The molecule has 19 heavy (non-hydrogen) atoms. The molecule has 1 aliphatic heterocycles. The van der Waals surface area contributed by atoms with E-state index in [1.54, 1.807) is 0 Å². The van der Waals surface area contributed by atoms with Crippen molar-refractivity contribution in [2.75, 3.05) is 13.2 Å². The van der Waals surface area contributed by atoms with Gasteiger partial charge in [-0.3, -0.25) is 4.79 Å². The molecule has 1 amide bonds. The number of amides is 1. The summed E-state index contributed by atoms with van der Waals surface area (Å²) in [4.78, 5) is 12.3. The fraction of sp³-hybridized carbons (Fsp3) is 0.933. The SMILES string of the molecule is CC1CCC(C(C)C)C(NC(=O)C2COCC2N)C1. The largest absolute Gasteiger partial charge is 0.379 e. The molecule has 1 heterocycles. The first-order chi connectivity index (χ1) is 8.99. The number of hydrogen-bond donors (Lipinski definition) is 2. The normalized spacial score (nSPS) is 39.5. The van der Waals surface area contributed by atoms with E-state index in [2.05, 4.69) is 26.1 Å². The molecule has 5 atom stereocenters. The highest BCUT2D eigenvalue weighted by molar-refractivity contribution is 5.80. The molecule has 5 unspecified atom stereocenters. The fourth-order valence-corrected chi connectivity index (χ4v) is 3.50. The molecule has 0 aromatic carbocycles. The lowest BCUT2D eigenvalue weighted by molar-refractivity contribution is -0.126. The van der Waals surface area contributed by atoms with Gasteiger partial charge in [0.1, 0.15) is 0 Å². The average Bonchev–Trinajstić information content (AvgIpc) is 2.75. The third-order valence-electron chi connectivity index (χ3n) is 4.81. The number of carbonyl (C=O) groups is 1. The van der Waals surface area contributed by atoms with Gasteiger partial charge in [-0.25, -0.2) is 0 Å². The summed E-state index contributed by atoms with van der Waals surface area (Å²) in [6.45, 7) is 7.77. The minimum Gasteiger partial charge on any atom is -0.379 e. The predicted octanol–water partition coefficient (Wildman–Crippen LogP) is 1.54. The number of rotatable bonds is 3. The van der Waals surface area contributed by atoms with Crippen LogP contribution in [0, 0.1) is 23.7 Å². The van der Waals surface area contributed by atoms with Gasteiger partial charge in [0.15, 0.2) is 0 Å². The van der Waals surface area contributed by atoms with E-state index < -0.39 is 0 Å². The Morgan fingerprint density at radius 1 is 1.32 bits per heavy atom. The van der Waals surface area contributed by atoms with Crippen molar-refractivity contribution in [3.63, 3.8) is 0 Å². The summed E-state index contributed by atoms with van der Waals surface area (Å²) in [5, 5.41) is 3.25. The minimum atomic E-state index is -0.162. The Kier molecular flexibility index (Phi) is 4.85. The van der Waals surface area contributed by atoms with E-state index >= 15 is 0 Å². The number of nitrogens with one attached hydrogen (secondary N) is 1. The van der Waals surface area contributed by atoms with Gasteiger partial charge in [-0.1, -0.05) is 27.2 Å². The molecule has 0 aromatic rings. The van der Waals surface area contributed by atoms with Crippen molar-refractivity contribution >= 4 is 5.91 Å². The van der Waals surface area contributed by atoms with Crippen LogP contribution in [-0.2, 0) is 9.53 Å². The summed E-state index contributed by atoms with van der Waals surface area (Å²) >= 11 is 0. The van der Waals surface area contributed by atoms with Crippen LogP contribution < -0.4 is 11.1 Å². The zero-order valence-corrected chi connectivity index (χ0v) is 12.4. The van der Waals surface area contributed by atoms with Gasteiger partial charge >= 0.3 is 0 Å². The van der Waals surface area contributed by atoms with E-state index in [4.69, 9.17) is 10.5 Å². The Morgan fingerprint density at radius 2 is 2.05 bits per heavy atom. The highest BCUT2D eigenvalue weighted by Crippen LogP contribution is 2.33. The van der Waals surface area contributed by atoms with Crippen molar-refractivity contribution in [1.82, 2.24) is 5.32 Å². The van der Waals surface area contributed by atoms with E-state index in [1.165, 1.54) is 12.8 Å². The minimum absolute atomic E-state index is 0.0924. The third kappa shape index (κ3) is 3.48. The first kappa shape index (κ1) is 14.8. The van der Waals surface area contributed by atoms with Crippen LogP contribution in [0.25, 0.3) is 0 Å². The monoisotopic (exact) mass is 268 g/mol. The number of hydrogen-bond acceptors (Lipinski definition) is 3. The molecule has 2 aliphatic rings. The summed E-state index contributed by atoms with van der Waals surface area (Å²) in [5.74, 6) is 1.85. The topological polar surface area (TPSA) is 64.3 Å². The molecule has 110 valence electrons. The van der Waals surface area contributed by atoms with Gasteiger partial charge in [-0.05, 0) is 30.6 Å². The van der Waals surface area contributed by atoms with Crippen molar-refractivity contribution in [3.05, 3.63) is 0 Å². The van der Waals surface area contributed by atoms with Gasteiger partial charge in [-0.15, -0.1) is 0 Å². The summed E-state index contributed by atoms with van der Waals surface area (Å²) in [6.07, 6.45) is 3.59. The van der Waals surface area contributed by atoms with Crippen LogP contribution in [0.4, 0.5) is 0 Å². The second kappa shape index (κ2) is 6.23. The molecule has 0 bridgehead atoms. The fourth-order valence-electron chi connectivity index (χ4n) is 3.50. The van der Waals surface area contributed by atoms with Crippen LogP contribution in [0.2, 0.25) is 0 Å². The quantitative estimate of drug-likeness (QED) is 0.816. The first-order valence-electron chi connectivity index (χ1n) is 7.62. The van der Waals surface area contributed by atoms with Crippen molar-refractivity contribution in [2.45, 2.75) is 52.1 Å². The highest BCUT2D eigenvalue weighted by atomic mass is 16.5. The maximum absolute atomic E-state index is 12.3. The molecule has 1 aliphatic carbocycles. The number of nitrogens with two attached hydrogens (primary N) is 1. The Bertz CT molecular complexity index is 319. The number of carbonyl (C=O) groups excluding carboxylic acids is 1. The van der Waals surface area contributed by atoms with E-state index in [0.717, 1.165) is 6.42 Å². The van der Waals surface area contributed by atoms with Crippen molar-refractivity contribution < 1.29 is 9.53 Å². The van der Waals surface area contributed by atoms with Crippen LogP contribution in [0.1, 0.15) is 40.0 Å². The summed E-state index contributed by atoms with van der Waals surface area (Å²) in [6, 6.07) is 0.169. The van der Waals surface area contributed by atoms with Gasteiger partial charge in [0.25, 0.3) is 0 Å². The van der Waals surface area contributed by atoms with Gasteiger partial charge in [0.2, 0.25) is 5.91 Å². The van der Waals surface area contributed by atoms with Crippen molar-refractivity contribution in [2.24, 2.45) is 29.4 Å². The van der Waals surface area contributed by atoms with E-state index in [-0.39, 0.29) is 17.9 Å². The summed E-state index contributed by atoms with van der Waals surface area (Å²) in [5.41, 5.74) is 5.92. The zero-order chi connectivity index (χ0) is 14.0. The molecule has 1 saturated carbocycles. The molecule has 4 heteroatoms. The lowest BCUT2D eigenvalue weighted by Gasteiger charge is -2.38. The van der Waals surface area contributed by atoms with Gasteiger partial charge in [0.05, 0.1) is 19.1 Å². The highest BCUT2D eigenvalue weighted by Gasteiger charge is 2.36. The lowest BCUT2D eigenvalue weighted by atomic mass is 9.74. The molecule has 3 N–H and O–H groups in total. The Morgan fingerprint density at radius 3 is 2.63 bits per heavy atom. The molecule has 1 saturated heterocycles. The molecular weight excluding hydrogens is 240 g/mol. The third-order valence-corrected chi connectivity index (χ3v) is 4.81. The molecule has 4 nitrogen and oxygen atoms in total. The van der Waals surface area contributed by atoms with Crippen molar-refractivity contribution in [3.8, 4) is 0 Å². The van der Waals surface area contributed by atoms with Crippen LogP contribution in [0.3, 0.4) is 0 Å². The molecule has 2 rings (SSSR count). The number of ether oxygens (including phenoxy) is 1. The summed E-state index contributed by atoms with van der Waals surface area (Å²) in [7, 11) is 0. The standard InChI is InChI=1S/C15H28N2O2/c1-9(2)11-5-4-10(3)6-14(11)17-15(18)12-7-19-8-13(12)16/h9-14H,4-8,16H2,1-3H3,(H,17,18). The maximum Gasteiger partial charge on any atom is 0.227 e. The van der Waals surface area contributed by atoms with Gasteiger partial charge in [-0.2, -0.15) is 0 Å². The Labute approximate surface area is 116 Å². The molecule has 0 aromatic heterocycles. The lowest BCUT2D eigenvalue weighted by Crippen LogP contribution is -2.50.